The second-order valence-electron chi connectivity index (χ2n) is 4.02. The average molecular weight is 188 g/mol. The Hall–Kier alpha value is -0.610. The van der Waals surface area contributed by atoms with Crippen LogP contribution in [0.2, 0.25) is 0 Å². The maximum atomic E-state index is 11.2. The van der Waals surface area contributed by atoms with Crippen LogP contribution in [0, 0.1) is 5.41 Å². The molecule has 2 N–H and O–H groups in total. The normalized spacial score (nSPS) is 11.4. The van der Waals surface area contributed by atoms with Crippen LogP contribution in [-0.2, 0) is 9.63 Å². The zero-order valence-corrected chi connectivity index (χ0v) is 8.94. The van der Waals surface area contributed by atoms with Crippen molar-refractivity contribution in [2.45, 2.75) is 40.5 Å². The number of unbranched alkanes of at least 4 members (excludes halogenated alkanes) is 1. The van der Waals surface area contributed by atoms with E-state index in [0.29, 0.717) is 0 Å². The van der Waals surface area contributed by atoms with Crippen LogP contribution in [0.15, 0.2) is 0 Å². The van der Waals surface area contributed by atoms with Gasteiger partial charge in [-0.05, 0) is 27.2 Å². The van der Waals surface area contributed by atoms with E-state index in [9.17, 15) is 4.79 Å². The van der Waals surface area contributed by atoms with Gasteiger partial charge in [-0.1, -0.05) is 18.9 Å². The SMILES string of the molecule is CCCCNNOC(=O)C(C)(C)C. The molecule has 0 fully saturated rings. The van der Waals surface area contributed by atoms with Gasteiger partial charge in [0.1, 0.15) is 0 Å². The molecule has 0 spiro atoms. The maximum Gasteiger partial charge on any atom is 0.331 e. The molecule has 78 valence electrons. The first-order chi connectivity index (χ1) is 5.98. The molecule has 0 aliphatic carbocycles. The van der Waals surface area contributed by atoms with E-state index in [4.69, 9.17) is 4.84 Å². The van der Waals surface area contributed by atoms with Crippen molar-refractivity contribution in [1.82, 2.24) is 11.0 Å². The molecule has 4 heteroatoms. The Balaban J connectivity index is 3.38. The third kappa shape index (κ3) is 6.54. The van der Waals surface area contributed by atoms with Gasteiger partial charge in [0.15, 0.2) is 0 Å². The topological polar surface area (TPSA) is 50.4 Å². The lowest BCUT2D eigenvalue weighted by Gasteiger charge is -2.16. The van der Waals surface area contributed by atoms with Crippen molar-refractivity contribution < 1.29 is 9.63 Å². The summed E-state index contributed by atoms with van der Waals surface area (Å²) in [6.45, 7) is 8.33. The molecule has 0 aromatic rings. The molecular formula is C9H20N2O2. The van der Waals surface area contributed by atoms with Crippen LogP contribution >= 0.6 is 0 Å². The van der Waals surface area contributed by atoms with Crippen LogP contribution in [0.1, 0.15) is 40.5 Å². The Bertz CT molecular complexity index is 152. The predicted molar refractivity (Wildman–Crippen MR) is 51.6 cm³/mol. The Kier molecular flexibility index (Phi) is 5.66. The highest BCUT2D eigenvalue weighted by atomic mass is 16.7. The predicted octanol–water partition coefficient (Wildman–Crippen LogP) is 1.39. The number of nitrogens with one attached hydrogen (secondary N) is 2. The van der Waals surface area contributed by atoms with E-state index in [0.717, 1.165) is 19.4 Å². The molecule has 0 bridgehead atoms. The smallest absolute Gasteiger partial charge is 0.331 e. The van der Waals surface area contributed by atoms with Crippen LogP contribution in [0.25, 0.3) is 0 Å². The van der Waals surface area contributed by atoms with E-state index < -0.39 is 5.41 Å². The van der Waals surface area contributed by atoms with Crippen molar-refractivity contribution in [3.05, 3.63) is 0 Å². The van der Waals surface area contributed by atoms with Gasteiger partial charge in [-0.3, -0.25) is 0 Å². The van der Waals surface area contributed by atoms with Gasteiger partial charge < -0.3 is 4.84 Å². The molecule has 0 radical (unpaired) electrons. The molecule has 0 unspecified atom stereocenters. The zero-order chi connectivity index (χ0) is 10.3. The number of carbonyl (C=O) groups is 1. The molecule has 0 aliphatic rings. The van der Waals surface area contributed by atoms with Gasteiger partial charge in [-0.2, -0.15) is 0 Å². The van der Waals surface area contributed by atoms with Crippen molar-refractivity contribution in [3.8, 4) is 0 Å². The van der Waals surface area contributed by atoms with Gasteiger partial charge in [0, 0.05) is 6.54 Å². The van der Waals surface area contributed by atoms with Crippen molar-refractivity contribution in [2.24, 2.45) is 5.41 Å². The first kappa shape index (κ1) is 12.4. The Labute approximate surface area is 80.0 Å². The fraction of sp³-hybridized carbons (Fsp3) is 0.889. The summed E-state index contributed by atoms with van der Waals surface area (Å²) in [5.74, 6) is -0.267. The van der Waals surface area contributed by atoms with Crippen LogP contribution < -0.4 is 11.0 Å². The molecular weight excluding hydrogens is 168 g/mol. The fourth-order valence-corrected chi connectivity index (χ4v) is 0.552. The van der Waals surface area contributed by atoms with E-state index in [-0.39, 0.29) is 5.97 Å². The summed E-state index contributed by atoms with van der Waals surface area (Å²) in [4.78, 5) is 15.9. The summed E-state index contributed by atoms with van der Waals surface area (Å²) in [5, 5.41) is 0. The summed E-state index contributed by atoms with van der Waals surface area (Å²) in [6.07, 6.45) is 2.17. The van der Waals surface area contributed by atoms with Gasteiger partial charge >= 0.3 is 5.97 Å². The first-order valence-corrected chi connectivity index (χ1v) is 4.67. The van der Waals surface area contributed by atoms with Gasteiger partial charge in [0.2, 0.25) is 0 Å². The zero-order valence-electron chi connectivity index (χ0n) is 8.94. The molecule has 0 saturated carbocycles. The minimum absolute atomic E-state index is 0.267. The van der Waals surface area contributed by atoms with Gasteiger partial charge in [0.05, 0.1) is 5.41 Å². The fourth-order valence-electron chi connectivity index (χ4n) is 0.552. The Morgan fingerprint density at radius 3 is 2.46 bits per heavy atom. The van der Waals surface area contributed by atoms with E-state index in [2.05, 4.69) is 17.9 Å². The summed E-state index contributed by atoms with van der Waals surface area (Å²) in [6, 6.07) is 0. The van der Waals surface area contributed by atoms with Gasteiger partial charge in [-0.25, -0.2) is 10.2 Å². The first-order valence-electron chi connectivity index (χ1n) is 4.67. The maximum absolute atomic E-state index is 11.2. The minimum Gasteiger partial charge on any atom is -0.355 e. The number of hydrogen-bond donors (Lipinski definition) is 2. The van der Waals surface area contributed by atoms with E-state index in [1.807, 2.05) is 20.8 Å². The Morgan fingerprint density at radius 2 is 2.00 bits per heavy atom. The molecule has 4 nitrogen and oxygen atoms in total. The standard InChI is InChI=1S/C9H20N2O2/c1-5-6-7-10-11-13-8(12)9(2,3)4/h10-11H,5-7H2,1-4H3. The van der Waals surface area contributed by atoms with E-state index in [1.54, 1.807) is 0 Å². The minimum atomic E-state index is -0.459. The van der Waals surface area contributed by atoms with E-state index >= 15 is 0 Å². The third-order valence-corrected chi connectivity index (χ3v) is 1.48. The molecule has 0 aromatic heterocycles. The quantitative estimate of drug-likeness (QED) is 0.505. The number of hydrazine groups is 1. The lowest BCUT2D eigenvalue weighted by molar-refractivity contribution is -0.163. The summed E-state index contributed by atoms with van der Waals surface area (Å²) >= 11 is 0. The molecule has 0 aliphatic heterocycles. The lowest BCUT2D eigenvalue weighted by Crippen LogP contribution is -2.38. The largest absolute Gasteiger partial charge is 0.355 e. The third-order valence-electron chi connectivity index (χ3n) is 1.48. The van der Waals surface area contributed by atoms with Crippen LogP contribution in [-0.4, -0.2) is 12.5 Å². The van der Waals surface area contributed by atoms with Gasteiger partial charge in [0.25, 0.3) is 0 Å². The highest BCUT2D eigenvalue weighted by Crippen LogP contribution is 2.13. The van der Waals surface area contributed by atoms with Crippen molar-refractivity contribution in [3.63, 3.8) is 0 Å². The van der Waals surface area contributed by atoms with Crippen molar-refractivity contribution in [2.75, 3.05) is 6.54 Å². The van der Waals surface area contributed by atoms with Crippen LogP contribution in [0.5, 0.6) is 0 Å². The van der Waals surface area contributed by atoms with Crippen molar-refractivity contribution >= 4 is 5.97 Å². The van der Waals surface area contributed by atoms with Gasteiger partial charge in [-0.15, -0.1) is 0 Å². The second kappa shape index (κ2) is 5.94. The van der Waals surface area contributed by atoms with Crippen LogP contribution in [0.4, 0.5) is 0 Å². The summed E-state index contributed by atoms with van der Waals surface area (Å²) < 4.78 is 0. The molecule has 0 atom stereocenters. The highest BCUT2D eigenvalue weighted by Gasteiger charge is 2.23. The average Bonchev–Trinajstić information content (AvgIpc) is 2.02. The molecule has 0 aromatic carbocycles. The molecule has 0 saturated heterocycles. The molecule has 0 rings (SSSR count). The Morgan fingerprint density at radius 1 is 1.38 bits per heavy atom. The monoisotopic (exact) mass is 188 g/mol. The molecule has 0 heterocycles. The number of rotatable bonds is 5. The molecule has 0 amide bonds. The second-order valence-corrected chi connectivity index (χ2v) is 4.02. The van der Waals surface area contributed by atoms with Crippen molar-refractivity contribution in [1.29, 1.82) is 0 Å². The van der Waals surface area contributed by atoms with Crippen LogP contribution in [0.3, 0.4) is 0 Å². The van der Waals surface area contributed by atoms with E-state index in [1.165, 1.54) is 0 Å². The molecule has 13 heavy (non-hydrogen) atoms. The number of carbonyl (C=O) groups excluding carboxylic acids is 1. The summed E-state index contributed by atoms with van der Waals surface area (Å²) in [7, 11) is 0. The lowest BCUT2D eigenvalue weighted by atomic mass is 9.98. The number of hydrogen-bond acceptors (Lipinski definition) is 4. The highest BCUT2D eigenvalue weighted by molar-refractivity contribution is 5.74. The summed E-state index contributed by atoms with van der Waals surface area (Å²) in [5.41, 5.74) is 4.76.